The predicted molar refractivity (Wildman–Crippen MR) is 322 cm³/mol. The lowest BCUT2D eigenvalue weighted by Crippen LogP contribution is -2.64. The number of benzene rings is 2. The molecule has 2 N–H and O–H groups in total. The monoisotopic (exact) mass is 1270 g/mol. The molecule has 5 amide bonds. The van der Waals surface area contributed by atoms with Gasteiger partial charge in [0.05, 0.1) is 50.8 Å². The number of likely N-dealkylation sites (N-methyl/N-ethyl adjacent to an activating group) is 2. The first-order valence-electron chi connectivity index (χ1n) is 29.9. The van der Waals surface area contributed by atoms with Gasteiger partial charge in [-0.25, -0.2) is 14.4 Å². The Balaban J connectivity index is 1.52. The minimum absolute atomic E-state index is 0.0367. The third kappa shape index (κ3) is 20.0. The minimum atomic E-state index is -1.74. The first-order chi connectivity index (χ1) is 42.6. The van der Waals surface area contributed by atoms with E-state index >= 15 is 0 Å². The Bertz CT molecular complexity index is 2830. The van der Waals surface area contributed by atoms with Gasteiger partial charge in [0.25, 0.3) is 0 Å². The molecule has 14 atom stereocenters. The van der Waals surface area contributed by atoms with Crippen molar-refractivity contribution in [3.8, 4) is 23.8 Å². The summed E-state index contributed by atoms with van der Waals surface area (Å²) < 4.78 is 61.7. The average molecular weight is 1270 g/mol. The van der Waals surface area contributed by atoms with Crippen LogP contribution in [0.25, 0.3) is 0 Å². The highest BCUT2D eigenvalue weighted by Gasteiger charge is 2.56. The SMILES string of the molecule is C#CCOc1cc(O[C@@H]2O[C@H](C(=O)OC)[C@@H](OC(C)=O)[C@H](OC(C)=O)[C@H]2OC(C)=O)ccc1COC(=O)N(C)[C@H](C(=O)N[C@H](C(=O)N(C)[C@@H](C(C)CC)[C@@H](CC(=O)N1CCC[C@H]1[C@H](OC)[C@@H](C)C(=O)NC(Cc1ccccc1)C(=O)OC)OC)C(C)C)C(C)C. The highest BCUT2D eigenvalue weighted by atomic mass is 16.7. The molecule has 2 heterocycles. The predicted octanol–water partition coefficient (Wildman–Crippen LogP) is 4.33. The second-order valence-electron chi connectivity index (χ2n) is 23.0. The molecule has 0 saturated carbocycles. The summed E-state index contributed by atoms with van der Waals surface area (Å²) in [5.74, 6) is -5.81. The third-order valence-electron chi connectivity index (χ3n) is 16.0. The Hall–Kier alpha value is -8.02. The number of carbonyl (C=O) groups excluding carboxylic acids is 10. The first-order valence-corrected chi connectivity index (χ1v) is 29.9. The summed E-state index contributed by atoms with van der Waals surface area (Å²) in [5.41, 5.74) is 1.08. The quantitative estimate of drug-likeness (QED) is 0.0603. The van der Waals surface area contributed by atoms with Crippen LogP contribution < -0.4 is 20.1 Å². The molecule has 26 heteroatoms. The number of amides is 5. The molecule has 2 saturated heterocycles. The summed E-state index contributed by atoms with van der Waals surface area (Å²) in [4.78, 5) is 139. The van der Waals surface area contributed by atoms with Gasteiger partial charge in [-0.05, 0) is 48.3 Å². The van der Waals surface area contributed by atoms with Gasteiger partial charge in [0.2, 0.25) is 36.0 Å². The van der Waals surface area contributed by atoms with Crippen molar-refractivity contribution in [2.45, 2.75) is 181 Å². The van der Waals surface area contributed by atoms with Crippen molar-refractivity contribution in [1.29, 1.82) is 0 Å². The zero-order valence-electron chi connectivity index (χ0n) is 54.5. The molecule has 2 aliphatic rings. The van der Waals surface area contributed by atoms with Crippen LogP contribution in [0.5, 0.6) is 11.5 Å². The lowest BCUT2D eigenvalue weighted by molar-refractivity contribution is -0.282. The molecule has 0 bridgehead atoms. The highest BCUT2D eigenvalue weighted by Crippen LogP contribution is 2.35. The van der Waals surface area contributed by atoms with Gasteiger partial charge in [0, 0.05) is 73.7 Å². The molecule has 2 unspecified atom stereocenters. The van der Waals surface area contributed by atoms with Gasteiger partial charge in [-0.1, -0.05) is 91.1 Å². The zero-order chi connectivity index (χ0) is 67.3. The van der Waals surface area contributed by atoms with E-state index in [1.807, 2.05) is 44.2 Å². The lowest BCUT2D eigenvalue weighted by atomic mass is 9.89. The number of nitrogens with one attached hydrogen (secondary N) is 2. The molecule has 2 aliphatic heterocycles. The maximum Gasteiger partial charge on any atom is 0.410 e. The molecule has 0 aliphatic carbocycles. The van der Waals surface area contributed by atoms with E-state index in [1.54, 1.807) is 46.6 Å². The lowest BCUT2D eigenvalue weighted by Gasteiger charge is -2.43. The molecule has 0 aromatic heterocycles. The Morgan fingerprint density at radius 2 is 1.40 bits per heavy atom. The van der Waals surface area contributed by atoms with E-state index in [1.165, 1.54) is 51.5 Å². The van der Waals surface area contributed by atoms with Crippen LogP contribution in [0.2, 0.25) is 0 Å². The van der Waals surface area contributed by atoms with Crippen LogP contribution in [0.3, 0.4) is 0 Å². The number of rotatable bonds is 31. The van der Waals surface area contributed by atoms with E-state index in [0.29, 0.717) is 25.8 Å². The molecule has 0 spiro atoms. The van der Waals surface area contributed by atoms with Crippen LogP contribution in [0.1, 0.15) is 106 Å². The standard InChI is InChI=1S/C64H91N5O21/c1-18-30-84-47-32-44(89-63-57(88-41(11)72)55(87-40(10)71)54(86-39(9)70)56(90-63)62(78)83-17)28-27-43(47)34-85-64(79)68(13)51(36(5)6)59(75)66-50(35(3)4)60(76)67(12)52(37(7)19-2)48(80-14)33-49(73)69-29-23-26-46(69)53(81-15)38(8)58(74)65-45(61(77)82-16)31-42-24-21-20-22-25-42/h1,20-22,24-25,27-28,32,35-38,45-46,48,50-57,63H,19,23,26,29-31,33-34H2,2-17H3,(H,65,74)(H,66,75)/t37?,38-,45?,46+,48-,50+,51+,52+,53-,54+,55+,56+,57-,63-/m1/s1. The molecule has 2 fully saturated rings. The van der Waals surface area contributed by atoms with E-state index < -0.39 is 151 Å². The van der Waals surface area contributed by atoms with Gasteiger partial charge in [-0.2, -0.15) is 0 Å². The molecule has 2 aromatic carbocycles. The fourth-order valence-electron chi connectivity index (χ4n) is 11.3. The van der Waals surface area contributed by atoms with E-state index in [4.69, 9.17) is 58.5 Å². The number of ether oxygens (including phenoxy) is 11. The Labute approximate surface area is 527 Å². The summed E-state index contributed by atoms with van der Waals surface area (Å²) in [6, 6.07) is 8.95. The van der Waals surface area contributed by atoms with Crippen molar-refractivity contribution in [2.75, 3.05) is 55.7 Å². The van der Waals surface area contributed by atoms with Crippen molar-refractivity contribution in [3.63, 3.8) is 0 Å². The van der Waals surface area contributed by atoms with Gasteiger partial charge in [0.15, 0.2) is 18.3 Å². The molecular weight excluding hydrogens is 1170 g/mol. The van der Waals surface area contributed by atoms with E-state index in [2.05, 4.69) is 16.6 Å². The molecule has 4 rings (SSSR count). The Kier molecular flexibility index (Phi) is 29.3. The van der Waals surface area contributed by atoms with E-state index in [-0.39, 0.29) is 48.3 Å². The number of hydrogen-bond acceptors (Lipinski definition) is 21. The minimum Gasteiger partial charge on any atom is -0.480 e. The fraction of sp³-hybridized carbons (Fsp3) is 0.625. The third-order valence-corrected chi connectivity index (χ3v) is 16.0. The number of terminal acetylenes is 1. The number of methoxy groups -OCH3 is 4. The van der Waals surface area contributed by atoms with Gasteiger partial charge in [0.1, 0.15) is 42.8 Å². The normalized spacial score (nSPS) is 20.6. The molecule has 0 radical (unpaired) electrons. The molecule has 498 valence electrons. The fourth-order valence-corrected chi connectivity index (χ4v) is 11.3. The Morgan fingerprint density at radius 1 is 0.767 bits per heavy atom. The Morgan fingerprint density at radius 3 is 1.96 bits per heavy atom. The summed E-state index contributed by atoms with van der Waals surface area (Å²) in [7, 11) is 8.23. The van der Waals surface area contributed by atoms with Crippen molar-refractivity contribution in [3.05, 3.63) is 59.7 Å². The van der Waals surface area contributed by atoms with Crippen molar-refractivity contribution < 1.29 is 100 Å². The van der Waals surface area contributed by atoms with Crippen LogP contribution in [-0.4, -0.2) is 203 Å². The maximum atomic E-state index is 14.9. The van der Waals surface area contributed by atoms with E-state index in [0.717, 1.165) is 38.3 Å². The van der Waals surface area contributed by atoms with Crippen LogP contribution in [0.15, 0.2) is 48.5 Å². The summed E-state index contributed by atoms with van der Waals surface area (Å²) in [6.45, 7) is 15.4. The van der Waals surface area contributed by atoms with E-state index in [9.17, 15) is 47.9 Å². The first kappa shape index (κ1) is 74.4. The summed E-state index contributed by atoms with van der Waals surface area (Å²) in [6.07, 6.45) is -3.48. The van der Waals surface area contributed by atoms with Crippen molar-refractivity contribution in [1.82, 2.24) is 25.3 Å². The van der Waals surface area contributed by atoms with Gasteiger partial charge in [-0.15, -0.1) is 6.42 Å². The van der Waals surface area contributed by atoms with Gasteiger partial charge < -0.3 is 72.5 Å². The second-order valence-corrected chi connectivity index (χ2v) is 23.0. The molecular formula is C64H91N5O21. The highest BCUT2D eigenvalue weighted by molar-refractivity contribution is 5.92. The number of hydrogen-bond donors (Lipinski definition) is 2. The van der Waals surface area contributed by atoms with Crippen LogP contribution in [-0.2, 0) is 98.8 Å². The summed E-state index contributed by atoms with van der Waals surface area (Å²) >= 11 is 0. The van der Waals surface area contributed by atoms with Gasteiger partial charge >= 0.3 is 35.9 Å². The molecule has 2 aromatic rings. The average Bonchev–Trinajstić information content (AvgIpc) is 0.985. The van der Waals surface area contributed by atoms with Crippen LogP contribution in [0.4, 0.5) is 4.79 Å². The van der Waals surface area contributed by atoms with Crippen molar-refractivity contribution in [2.24, 2.45) is 23.7 Å². The van der Waals surface area contributed by atoms with Crippen LogP contribution >= 0.6 is 0 Å². The number of esters is 5. The largest absolute Gasteiger partial charge is 0.480 e. The maximum absolute atomic E-state index is 14.9. The number of carbonyl (C=O) groups is 10. The zero-order valence-corrected chi connectivity index (χ0v) is 54.5. The molecule has 26 nitrogen and oxygen atoms in total. The smallest absolute Gasteiger partial charge is 0.410 e. The molecule has 90 heavy (non-hydrogen) atoms. The topological polar surface area (TPSA) is 306 Å². The second kappa shape index (κ2) is 35.4. The van der Waals surface area contributed by atoms with Gasteiger partial charge in [-0.3, -0.25) is 38.5 Å². The number of nitrogens with zero attached hydrogens (tertiary/aromatic N) is 3. The van der Waals surface area contributed by atoms with Crippen LogP contribution in [0, 0.1) is 36.0 Å². The number of likely N-dealkylation sites (tertiary alicyclic amines) is 1. The van der Waals surface area contributed by atoms with Crippen molar-refractivity contribution >= 4 is 59.6 Å². The summed E-state index contributed by atoms with van der Waals surface area (Å²) in [5, 5.41) is 5.75.